The lowest BCUT2D eigenvalue weighted by molar-refractivity contribution is 0.0926. The minimum absolute atomic E-state index is 0.180. The zero-order chi connectivity index (χ0) is 21.0. The predicted molar refractivity (Wildman–Crippen MR) is 115 cm³/mol. The summed E-state index contributed by atoms with van der Waals surface area (Å²) < 4.78 is 15.2. The first-order valence-electron chi connectivity index (χ1n) is 10.3. The number of anilines is 1. The van der Waals surface area contributed by atoms with Crippen LogP contribution in [0.5, 0.6) is 0 Å². The van der Waals surface area contributed by atoms with Crippen molar-refractivity contribution in [1.82, 2.24) is 19.9 Å². The van der Waals surface area contributed by atoms with E-state index in [9.17, 15) is 0 Å². The first-order chi connectivity index (χ1) is 14.5. The topological polar surface area (TPSA) is 70.8 Å². The van der Waals surface area contributed by atoms with Gasteiger partial charge in [-0.15, -0.1) is 0 Å². The highest BCUT2D eigenvalue weighted by molar-refractivity contribution is 6.29. The van der Waals surface area contributed by atoms with Gasteiger partial charge in [-0.25, -0.2) is 24.2 Å². The smallest absolute Gasteiger partial charge is 0.218 e. The van der Waals surface area contributed by atoms with E-state index in [0.717, 1.165) is 0 Å². The average molecular weight is 425 g/mol. The number of halogens is 2. The van der Waals surface area contributed by atoms with Crippen molar-refractivity contribution in [2.24, 2.45) is 17.8 Å². The van der Waals surface area contributed by atoms with Gasteiger partial charge in [-0.05, 0) is 55.9 Å². The first kappa shape index (κ1) is 19.3. The fraction of sp³-hybridized carbons (Fsp3) is 0.455. The van der Waals surface area contributed by atoms with Gasteiger partial charge in [0.25, 0.3) is 0 Å². The number of hydrogen-bond acceptors (Lipinski definition) is 4. The van der Waals surface area contributed by atoms with E-state index < -0.39 is 5.82 Å². The second kappa shape index (κ2) is 7.21. The van der Waals surface area contributed by atoms with Crippen LogP contribution >= 0.6 is 11.6 Å². The second-order valence-corrected chi connectivity index (χ2v) is 8.89. The van der Waals surface area contributed by atoms with Crippen molar-refractivity contribution in [1.29, 1.82) is 0 Å². The van der Waals surface area contributed by atoms with Crippen molar-refractivity contribution in [2.75, 3.05) is 5.32 Å². The molecule has 0 amide bonds. The Morgan fingerprint density at radius 1 is 1.23 bits per heavy atom. The number of hydrogen-bond donors (Lipinski definition) is 2. The van der Waals surface area contributed by atoms with Crippen LogP contribution in [0.25, 0.3) is 27.3 Å². The fourth-order valence-electron chi connectivity index (χ4n) is 5.30. The highest BCUT2D eigenvalue weighted by atomic mass is 35.5. The first-order valence-corrected chi connectivity index (χ1v) is 10.7. The van der Waals surface area contributed by atoms with Crippen molar-refractivity contribution in [2.45, 2.75) is 45.6 Å². The molecule has 3 aromatic heterocycles. The SMILES string of the molecule is [C-]#[N+]c1c(-c2c[nH]c3ncc(Cl)nc23)nc(NC2C3CCC(CC3)C2C)c(F)c1C. The molecular formula is C22H22ClFN6. The maximum absolute atomic E-state index is 15.2. The molecule has 2 N–H and O–H groups in total. The van der Waals surface area contributed by atoms with E-state index in [0.29, 0.717) is 40.2 Å². The van der Waals surface area contributed by atoms with Crippen LogP contribution in [0.3, 0.4) is 0 Å². The molecule has 3 aromatic rings. The highest BCUT2D eigenvalue weighted by Crippen LogP contribution is 2.46. The van der Waals surface area contributed by atoms with Gasteiger partial charge in [0.2, 0.25) is 5.69 Å². The molecule has 6 rings (SSSR count). The second-order valence-electron chi connectivity index (χ2n) is 8.50. The van der Waals surface area contributed by atoms with E-state index in [1.54, 1.807) is 13.1 Å². The van der Waals surface area contributed by atoms with E-state index in [4.69, 9.17) is 18.2 Å². The normalized spacial score (nSPS) is 25.4. The lowest BCUT2D eigenvalue weighted by Crippen LogP contribution is -2.47. The summed E-state index contributed by atoms with van der Waals surface area (Å²) >= 11 is 6.04. The third-order valence-electron chi connectivity index (χ3n) is 7.00. The van der Waals surface area contributed by atoms with Crippen molar-refractivity contribution in [3.05, 3.63) is 40.3 Å². The van der Waals surface area contributed by atoms with Gasteiger partial charge in [-0.1, -0.05) is 18.5 Å². The van der Waals surface area contributed by atoms with Gasteiger partial charge in [0, 0.05) is 17.8 Å². The van der Waals surface area contributed by atoms with Gasteiger partial charge in [0.05, 0.1) is 18.5 Å². The van der Waals surface area contributed by atoms with Crippen LogP contribution in [0.2, 0.25) is 5.15 Å². The van der Waals surface area contributed by atoms with E-state index in [1.807, 2.05) is 0 Å². The Kier molecular flexibility index (Phi) is 4.62. The Morgan fingerprint density at radius 3 is 2.67 bits per heavy atom. The fourth-order valence-corrected chi connectivity index (χ4v) is 5.44. The van der Waals surface area contributed by atoms with E-state index in [-0.39, 0.29) is 28.3 Å². The molecule has 3 fully saturated rings. The monoisotopic (exact) mass is 424 g/mol. The van der Waals surface area contributed by atoms with Gasteiger partial charge >= 0.3 is 0 Å². The summed E-state index contributed by atoms with van der Waals surface area (Å²) in [5.41, 5.74) is 2.51. The van der Waals surface area contributed by atoms with Crippen LogP contribution in [0, 0.1) is 37.1 Å². The number of nitrogens with one attached hydrogen (secondary N) is 2. The van der Waals surface area contributed by atoms with E-state index in [1.165, 1.54) is 31.9 Å². The molecule has 0 saturated heterocycles. The molecule has 3 saturated carbocycles. The zero-order valence-corrected chi connectivity index (χ0v) is 17.6. The van der Waals surface area contributed by atoms with Crippen LogP contribution in [0.15, 0.2) is 12.4 Å². The average Bonchev–Trinajstić information content (AvgIpc) is 3.16. The van der Waals surface area contributed by atoms with Crippen LogP contribution in [-0.4, -0.2) is 26.0 Å². The Labute approximate surface area is 179 Å². The number of pyridine rings is 1. The molecule has 3 heterocycles. The standard InChI is InChI=1S/C22H22ClFN6/c1-10-12-4-6-13(7-5-12)17(10)29-21-16(24)11(2)18(25-3)19(30-21)14-8-26-22-20(14)28-15(23)9-27-22/h8-10,12-13,17H,4-7H2,1-2H3,(H,26,27)(H,29,30). The molecule has 6 nitrogen and oxygen atoms in total. The molecule has 3 aliphatic rings. The third kappa shape index (κ3) is 2.93. The van der Waals surface area contributed by atoms with Gasteiger partial charge in [-0.2, -0.15) is 0 Å². The van der Waals surface area contributed by atoms with Gasteiger partial charge in [0.1, 0.15) is 10.7 Å². The van der Waals surface area contributed by atoms with Crippen molar-refractivity contribution in [3.8, 4) is 11.3 Å². The van der Waals surface area contributed by atoms with Crippen LogP contribution in [-0.2, 0) is 0 Å². The highest BCUT2D eigenvalue weighted by Gasteiger charge is 2.41. The van der Waals surface area contributed by atoms with Crippen LogP contribution in [0.1, 0.15) is 38.2 Å². The van der Waals surface area contributed by atoms with Gasteiger partial charge in [0.15, 0.2) is 17.3 Å². The maximum Gasteiger partial charge on any atom is 0.218 e. The Morgan fingerprint density at radius 2 is 1.97 bits per heavy atom. The molecule has 0 aromatic carbocycles. The molecule has 30 heavy (non-hydrogen) atoms. The van der Waals surface area contributed by atoms with Crippen molar-refractivity contribution >= 4 is 34.3 Å². The predicted octanol–water partition coefficient (Wildman–Crippen LogP) is 5.91. The summed E-state index contributed by atoms with van der Waals surface area (Å²) in [7, 11) is 0. The van der Waals surface area contributed by atoms with Crippen molar-refractivity contribution in [3.63, 3.8) is 0 Å². The lowest BCUT2D eigenvalue weighted by Gasteiger charge is -2.47. The Balaban J connectivity index is 1.62. The zero-order valence-electron chi connectivity index (χ0n) is 16.8. The number of nitrogens with zero attached hydrogens (tertiary/aromatic N) is 4. The molecule has 0 spiro atoms. The van der Waals surface area contributed by atoms with Crippen LogP contribution < -0.4 is 5.32 Å². The Hall–Kier alpha value is -2.72. The van der Waals surface area contributed by atoms with Gasteiger partial charge in [-0.3, -0.25) is 0 Å². The summed E-state index contributed by atoms with van der Waals surface area (Å²) in [5.74, 6) is 1.45. The summed E-state index contributed by atoms with van der Waals surface area (Å²) in [6.07, 6.45) is 8.03. The summed E-state index contributed by atoms with van der Waals surface area (Å²) in [4.78, 5) is 19.8. The number of aromatic nitrogens is 4. The number of H-pyrrole nitrogens is 1. The molecule has 2 atom stereocenters. The summed E-state index contributed by atoms with van der Waals surface area (Å²) in [5, 5.41) is 3.67. The molecule has 2 unspecified atom stereocenters. The molecule has 0 radical (unpaired) electrons. The number of rotatable bonds is 3. The number of aromatic amines is 1. The maximum atomic E-state index is 15.2. The molecule has 2 bridgehead atoms. The minimum atomic E-state index is -0.456. The summed E-state index contributed by atoms with van der Waals surface area (Å²) in [6.45, 7) is 11.5. The van der Waals surface area contributed by atoms with Gasteiger partial charge < -0.3 is 10.3 Å². The minimum Gasteiger partial charge on any atom is -0.364 e. The molecule has 154 valence electrons. The van der Waals surface area contributed by atoms with E-state index in [2.05, 4.69) is 37.0 Å². The summed E-state index contributed by atoms with van der Waals surface area (Å²) in [6, 6.07) is 0.197. The molecular weight excluding hydrogens is 403 g/mol. The third-order valence-corrected chi connectivity index (χ3v) is 7.18. The molecule has 0 aliphatic heterocycles. The number of fused-ring (bicyclic) bond motifs is 4. The van der Waals surface area contributed by atoms with Crippen molar-refractivity contribution < 1.29 is 4.39 Å². The largest absolute Gasteiger partial charge is 0.364 e. The van der Waals surface area contributed by atoms with E-state index >= 15 is 4.39 Å². The van der Waals surface area contributed by atoms with Crippen LogP contribution in [0.4, 0.5) is 15.9 Å². The lowest BCUT2D eigenvalue weighted by atomic mass is 9.62. The molecule has 3 aliphatic carbocycles. The molecule has 8 heteroatoms. The quantitative estimate of drug-likeness (QED) is 0.513. The Bertz CT molecular complexity index is 1170.